The Morgan fingerprint density at radius 1 is 1.40 bits per heavy atom. The van der Waals surface area contributed by atoms with Gasteiger partial charge in [-0.15, -0.1) is 0 Å². The molecule has 3 rings (SSSR count). The van der Waals surface area contributed by atoms with E-state index < -0.39 is 12.2 Å². The first kappa shape index (κ1) is 13.0. The van der Waals surface area contributed by atoms with Crippen molar-refractivity contribution in [3.63, 3.8) is 0 Å². The second kappa shape index (κ2) is 5.54. The highest BCUT2D eigenvalue weighted by Crippen LogP contribution is 2.34. The molecule has 20 heavy (non-hydrogen) atoms. The van der Waals surface area contributed by atoms with E-state index in [4.69, 9.17) is 9.47 Å². The average molecular weight is 274 g/mol. The number of hydrogen-bond donors (Lipinski definition) is 1. The SMILES string of the molecule is CCCn1cc(C(O)C2COc3ccccc3O2)cn1. The molecule has 1 aliphatic heterocycles. The second-order valence-electron chi connectivity index (χ2n) is 4.90. The smallest absolute Gasteiger partial charge is 0.163 e. The van der Waals surface area contributed by atoms with E-state index >= 15 is 0 Å². The minimum Gasteiger partial charge on any atom is -0.486 e. The molecule has 1 N–H and O–H groups in total. The number of aryl methyl sites for hydroxylation is 1. The molecule has 0 radical (unpaired) electrons. The van der Waals surface area contributed by atoms with Gasteiger partial charge in [0.2, 0.25) is 0 Å². The van der Waals surface area contributed by atoms with Crippen molar-refractivity contribution >= 4 is 0 Å². The van der Waals surface area contributed by atoms with Crippen LogP contribution in [0.5, 0.6) is 11.5 Å². The first-order chi connectivity index (χ1) is 9.78. The van der Waals surface area contributed by atoms with E-state index in [0.717, 1.165) is 24.3 Å². The van der Waals surface area contributed by atoms with Gasteiger partial charge in [-0.05, 0) is 18.6 Å². The van der Waals surface area contributed by atoms with Crippen molar-refractivity contribution in [2.75, 3.05) is 6.61 Å². The molecular weight excluding hydrogens is 256 g/mol. The lowest BCUT2D eigenvalue weighted by Crippen LogP contribution is -2.34. The minimum atomic E-state index is -0.742. The van der Waals surface area contributed by atoms with Crippen molar-refractivity contribution < 1.29 is 14.6 Å². The monoisotopic (exact) mass is 274 g/mol. The normalized spacial score (nSPS) is 18.8. The van der Waals surface area contributed by atoms with Gasteiger partial charge in [-0.25, -0.2) is 0 Å². The van der Waals surface area contributed by atoms with Crippen LogP contribution in [0.2, 0.25) is 0 Å². The molecule has 5 heteroatoms. The van der Waals surface area contributed by atoms with E-state index in [9.17, 15) is 5.11 Å². The number of ether oxygens (including phenoxy) is 2. The molecule has 2 aromatic rings. The van der Waals surface area contributed by atoms with Crippen LogP contribution in [0.4, 0.5) is 0 Å². The fraction of sp³-hybridized carbons (Fsp3) is 0.400. The number of hydrogen-bond acceptors (Lipinski definition) is 4. The lowest BCUT2D eigenvalue weighted by atomic mass is 10.1. The highest BCUT2D eigenvalue weighted by Gasteiger charge is 2.29. The van der Waals surface area contributed by atoms with E-state index in [2.05, 4.69) is 12.0 Å². The quantitative estimate of drug-likeness (QED) is 0.928. The third-order valence-corrected chi connectivity index (χ3v) is 3.33. The highest BCUT2D eigenvalue weighted by atomic mass is 16.6. The van der Waals surface area contributed by atoms with Gasteiger partial charge in [0.05, 0.1) is 6.20 Å². The molecule has 0 saturated carbocycles. The van der Waals surface area contributed by atoms with E-state index in [1.807, 2.05) is 35.1 Å². The van der Waals surface area contributed by atoms with Gasteiger partial charge < -0.3 is 14.6 Å². The molecule has 1 aliphatic rings. The van der Waals surface area contributed by atoms with Crippen molar-refractivity contribution in [2.45, 2.75) is 32.1 Å². The molecule has 5 nitrogen and oxygen atoms in total. The summed E-state index contributed by atoms with van der Waals surface area (Å²) >= 11 is 0. The number of rotatable bonds is 4. The van der Waals surface area contributed by atoms with Gasteiger partial charge in [0.1, 0.15) is 12.7 Å². The molecule has 0 amide bonds. The predicted octanol–water partition coefficient (Wildman–Crippen LogP) is 2.17. The fourth-order valence-corrected chi connectivity index (χ4v) is 2.29. The van der Waals surface area contributed by atoms with Crippen molar-refractivity contribution in [3.8, 4) is 11.5 Å². The molecule has 2 heterocycles. The van der Waals surface area contributed by atoms with Crippen LogP contribution in [-0.4, -0.2) is 27.6 Å². The number of para-hydroxylation sites is 2. The molecule has 0 aliphatic carbocycles. The molecule has 0 fully saturated rings. The van der Waals surface area contributed by atoms with Crippen LogP contribution in [0.25, 0.3) is 0 Å². The minimum absolute atomic E-state index is 0.330. The molecule has 1 aromatic heterocycles. The van der Waals surface area contributed by atoms with E-state index in [1.54, 1.807) is 6.20 Å². The summed E-state index contributed by atoms with van der Waals surface area (Å²) in [6, 6.07) is 7.48. The van der Waals surface area contributed by atoms with Crippen LogP contribution < -0.4 is 9.47 Å². The van der Waals surface area contributed by atoms with Gasteiger partial charge in [0.15, 0.2) is 17.6 Å². The lowest BCUT2D eigenvalue weighted by molar-refractivity contribution is -0.0113. The Morgan fingerprint density at radius 2 is 2.20 bits per heavy atom. The highest BCUT2D eigenvalue weighted by molar-refractivity contribution is 5.41. The first-order valence-electron chi connectivity index (χ1n) is 6.87. The summed E-state index contributed by atoms with van der Waals surface area (Å²) in [7, 11) is 0. The van der Waals surface area contributed by atoms with Gasteiger partial charge in [-0.1, -0.05) is 19.1 Å². The number of benzene rings is 1. The molecule has 0 spiro atoms. The maximum absolute atomic E-state index is 10.4. The average Bonchev–Trinajstić information content (AvgIpc) is 2.95. The largest absolute Gasteiger partial charge is 0.486 e. The molecule has 106 valence electrons. The standard InChI is InChI=1S/C15H18N2O3/c1-2-7-17-9-11(8-16-17)15(18)14-10-19-12-5-3-4-6-13(12)20-14/h3-6,8-9,14-15,18H,2,7,10H2,1H3. The number of aromatic nitrogens is 2. The Balaban J connectivity index is 1.73. The Bertz CT molecular complexity index is 582. The number of fused-ring (bicyclic) bond motifs is 1. The zero-order chi connectivity index (χ0) is 13.9. The molecule has 2 unspecified atom stereocenters. The summed E-state index contributed by atoms with van der Waals surface area (Å²) in [6.45, 7) is 3.27. The van der Waals surface area contributed by atoms with Crippen molar-refractivity contribution in [1.82, 2.24) is 9.78 Å². The summed E-state index contributed by atoms with van der Waals surface area (Å²) in [6.07, 6.45) is 3.40. The zero-order valence-electron chi connectivity index (χ0n) is 11.4. The molecule has 2 atom stereocenters. The summed E-state index contributed by atoms with van der Waals surface area (Å²) < 4.78 is 13.3. The predicted molar refractivity (Wildman–Crippen MR) is 73.8 cm³/mol. The van der Waals surface area contributed by atoms with Crippen molar-refractivity contribution in [1.29, 1.82) is 0 Å². The molecule has 1 aromatic carbocycles. The molecule has 0 bridgehead atoms. The van der Waals surface area contributed by atoms with Crippen LogP contribution >= 0.6 is 0 Å². The molecular formula is C15H18N2O3. The van der Waals surface area contributed by atoms with Crippen molar-refractivity contribution in [3.05, 3.63) is 42.2 Å². The number of nitrogens with zero attached hydrogens (tertiary/aromatic N) is 2. The maximum atomic E-state index is 10.4. The Morgan fingerprint density at radius 3 is 3.00 bits per heavy atom. The second-order valence-corrected chi connectivity index (χ2v) is 4.90. The van der Waals surface area contributed by atoms with Crippen LogP contribution in [0.1, 0.15) is 25.0 Å². The lowest BCUT2D eigenvalue weighted by Gasteiger charge is -2.29. The van der Waals surface area contributed by atoms with E-state index in [1.165, 1.54) is 0 Å². The van der Waals surface area contributed by atoms with Gasteiger partial charge in [-0.2, -0.15) is 5.10 Å². The summed E-state index contributed by atoms with van der Waals surface area (Å²) in [4.78, 5) is 0. The molecule has 0 saturated heterocycles. The van der Waals surface area contributed by atoms with Crippen LogP contribution in [0.15, 0.2) is 36.7 Å². The van der Waals surface area contributed by atoms with Crippen LogP contribution in [0.3, 0.4) is 0 Å². The summed E-state index contributed by atoms with van der Waals surface area (Å²) in [5, 5.41) is 14.6. The topological polar surface area (TPSA) is 56.5 Å². The Labute approximate surface area is 117 Å². The first-order valence-corrected chi connectivity index (χ1v) is 6.87. The Kier molecular flexibility index (Phi) is 3.60. The van der Waals surface area contributed by atoms with Crippen molar-refractivity contribution in [2.24, 2.45) is 0 Å². The van der Waals surface area contributed by atoms with Crippen LogP contribution in [0, 0.1) is 0 Å². The zero-order valence-corrected chi connectivity index (χ0v) is 11.4. The third kappa shape index (κ3) is 2.49. The summed E-state index contributed by atoms with van der Waals surface area (Å²) in [5.74, 6) is 1.39. The number of aliphatic hydroxyl groups excluding tert-OH is 1. The summed E-state index contributed by atoms with van der Waals surface area (Å²) in [5.41, 5.74) is 0.756. The van der Waals surface area contributed by atoms with Gasteiger partial charge in [-0.3, -0.25) is 4.68 Å². The van der Waals surface area contributed by atoms with Gasteiger partial charge in [0.25, 0.3) is 0 Å². The Hall–Kier alpha value is -2.01. The van der Waals surface area contributed by atoms with E-state index in [0.29, 0.717) is 12.4 Å². The van der Waals surface area contributed by atoms with Crippen LogP contribution in [-0.2, 0) is 6.54 Å². The number of aliphatic hydroxyl groups is 1. The van der Waals surface area contributed by atoms with E-state index in [-0.39, 0.29) is 0 Å². The fourth-order valence-electron chi connectivity index (χ4n) is 2.29. The maximum Gasteiger partial charge on any atom is 0.163 e. The third-order valence-electron chi connectivity index (χ3n) is 3.33. The van der Waals surface area contributed by atoms with Gasteiger partial charge in [0, 0.05) is 18.3 Å². The van der Waals surface area contributed by atoms with Gasteiger partial charge >= 0.3 is 0 Å².